The van der Waals surface area contributed by atoms with Gasteiger partial charge in [-0.2, -0.15) is 0 Å². The number of amides is 1. The summed E-state index contributed by atoms with van der Waals surface area (Å²) >= 11 is 0. The zero-order valence-corrected chi connectivity index (χ0v) is 12.5. The predicted molar refractivity (Wildman–Crippen MR) is 78.0 cm³/mol. The van der Waals surface area contributed by atoms with Crippen LogP contribution in [0.2, 0.25) is 0 Å². The molecule has 20 heavy (non-hydrogen) atoms. The molecule has 0 aromatic heterocycles. The van der Waals surface area contributed by atoms with E-state index in [1.165, 1.54) is 32.5 Å². The summed E-state index contributed by atoms with van der Waals surface area (Å²) in [4.78, 5) is 16.6. The first kappa shape index (κ1) is 15.7. The second-order valence-electron chi connectivity index (χ2n) is 5.97. The quantitative estimate of drug-likeness (QED) is 0.401. The molecule has 0 spiro atoms. The van der Waals surface area contributed by atoms with E-state index in [2.05, 4.69) is 15.2 Å². The van der Waals surface area contributed by atoms with Crippen LogP contribution in [-0.4, -0.2) is 68.2 Å². The summed E-state index contributed by atoms with van der Waals surface area (Å²) < 4.78 is 5.15. The number of nitrogens with one attached hydrogen (secondary N) is 1. The van der Waals surface area contributed by atoms with Crippen LogP contribution in [0.4, 0.5) is 0 Å². The molecule has 0 radical (unpaired) electrons. The van der Waals surface area contributed by atoms with Crippen molar-refractivity contribution in [2.75, 3.05) is 46.4 Å². The van der Waals surface area contributed by atoms with E-state index in [0.29, 0.717) is 6.61 Å². The number of hydrogen-bond donors (Lipinski definition) is 2. The van der Waals surface area contributed by atoms with Crippen molar-refractivity contribution in [3.63, 3.8) is 0 Å². The molecular weight excluding hydrogens is 256 g/mol. The first-order valence-electron chi connectivity index (χ1n) is 7.70. The normalized spacial score (nSPS) is 23.9. The van der Waals surface area contributed by atoms with Gasteiger partial charge in [-0.05, 0) is 57.8 Å². The van der Waals surface area contributed by atoms with Crippen LogP contribution in [-0.2, 0) is 9.53 Å². The molecule has 2 saturated heterocycles. The van der Waals surface area contributed by atoms with Crippen molar-refractivity contribution in [3.8, 4) is 0 Å². The van der Waals surface area contributed by atoms with E-state index in [1.807, 2.05) is 0 Å². The van der Waals surface area contributed by atoms with Crippen molar-refractivity contribution in [2.24, 2.45) is 11.8 Å². The van der Waals surface area contributed by atoms with Crippen molar-refractivity contribution in [3.05, 3.63) is 0 Å². The Morgan fingerprint density at radius 1 is 1.30 bits per heavy atom. The molecule has 2 aliphatic rings. The van der Waals surface area contributed by atoms with Crippen LogP contribution in [0.1, 0.15) is 25.7 Å². The molecule has 2 heterocycles. The fourth-order valence-corrected chi connectivity index (χ4v) is 3.38. The highest BCUT2D eigenvalue weighted by atomic mass is 16.5. The van der Waals surface area contributed by atoms with Gasteiger partial charge in [0.15, 0.2) is 0 Å². The summed E-state index contributed by atoms with van der Waals surface area (Å²) in [5.74, 6) is 5.88. The van der Waals surface area contributed by atoms with E-state index < -0.39 is 0 Å². The van der Waals surface area contributed by atoms with E-state index >= 15 is 0 Å². The van der Waals surface area contributed by atoms with E-state index in [1.54, 1.807) is 7.11 Å². The van der Waals surface area contributed by atoms with Crippen LogP contribution in [0.25, 0.3) is 0 Å². The number of hydrazine groups is 1. The summed E-state index contributed by atoms with van der Waals surface area (Å²) in [6.07, 6.45) is 5.03. The van der Waals surface area contributed by atoms with Gasteiger partial charge in [-0.25, -0.2) is 5.84 Å². The fraction of sp³-hybridized carbons (Fsp3) is 0.929. The number of carbonyl (C=O) groups is 1. The third kappa shape index (κ3) is 4.15. The minimum Gasteiger partial charge on any atom is -0.383 e. The fourth-order valence-electron chi connectivity index (χ4n) is 3.38. The highest BCUT2D eigenvalue weighted by molar-refractivity contribution is 5.81. The molecular formula is C14H28N4O2. The minimum absolute atomic E-state index is 0.148. The van der Waals surface area contributed by atoms with Gasteiger partial charge in [0.1, 0.15) is 6.04 Å². The monoisotopic (exact) mass is 284 g/mol. The minimum atomic E-state index is -0.252. The van der Waals surface area contributed by atoms with Crippen LogP contribution in [0.15, 0.2) is 0 Å². The SMILES string of the molecule is COCC(C(=O)NN)N1CCC(CN2CCCC2)CC1. The van der Waals surface area contributed by atoms with Crippen molar-refractivity contribution in [1.29, 1.82) is 0 Å². The Bertz CT molecular complexity index is 300. The number of rotatable bonds is 6. The molecule has 0 bridgehead atoms. The van der Waals surface area contributed by atoms with Gasteiger partial charge in [0.05, 0.1) is 6.61 Å². The predicted octanol–water partition coefficient (Wildman–Crippen LogP) is -0.201. The maximum atomic E-state index is 11.8. The van der Waals surface area contributed by atoms with Crippen LogP contribution < -0.4 is 11.3 Å². The summed E-state index contributed by atoms with van der Waals surface area (Å²) in [6, 6.07) is -0.252. The first-order valence-corrected chi connectivity index (χ1v) is 7.70. The lowest BCUT2D eigenvalue weighted by Gasteiger charge is -2.37. The molecule has 2 fully saturated rings. The molecule has 0 aromatic rings. The summed E-state index contributed by atoms with van der Waals surface area (Å²) in [7, 11) is 1.62. The number of piperidine rings is 1. The van der Waals surface area contributed by atoms with Crippen LogP contribution in [0.5, 0.6) is 0 Å². The zero-order valence-electron chi connectivity index (χ0n) is 12.5. The number of likely N-dealkylation sites (tertiary alicyclic amines) is 2. The van der Waals surface area contributed by atoms with Gasteiger partial charge in [-0.15, -0.1) is 0 Å². The Morgan fingerprint density at radius 3 is 2.50 bits per heavy atom. The molecule has 6 heteroatoms. The van der Waals surface area contributed by atoms with Gasteiger partial charge in [-0.3, -0.25) is 15.1 Å². The molecule has 0 aromatic carbocycles. The largest absolute Gasteiger partial charge is 0.383 e. The van der Waals surface area contributed by atoms with Crippen LogP contribution in [0.3, 0.4) is 0 Å². The average molecular weight is 284 g/mol. The Labute approximate surface area is 121 Å². The molecule has 2 rings (SSSR count). The van der Waals surface area contributed by atoms with Gasteiger partial charge < -0.3 is 9.64 Å². The molecule has 1 atom stereocenters. The third-order valence-corrected chi connectivity index (χ3v) is 4.57. The van der Waals surface area contributed by atoms with E-state index in [-0.39, 0.29) is 11.9 Å². The number of hydrogen-bond acceptors (Lipinski definition) is 5. The number of carbonyl (C=O) groups excluding carboxylic acids is 1. The van der Waals surface area contributed by atoms with Crippen molar-refractivity contribution < 1.29 is 9.53 Å². The number of methoxy groups -OCH3 is 1. The van der Waals surface area contributed by atoms with Crippen LogP contribution in [0, 0.1) is 5.92 Å². The van der Waals surface area contributed by atoms with Gasteiger partial charge in [0.2, 0.25) is 0 Å². The van der Waals surface area contributed by atoms with Gasteiger partial charge in [-0.1, -0.05) is 0 Å². The molecule has 116 valence electrons. The second-order valence-corrected chi connectivity index (χ2v) is 5.97. The maximum Gasteiger partial charge on any atom is 0.253 e. The molecule has 1 unspecified atom stereocenters. The molecule has 0 saturated carbocycles. The van der Waals surface area contributed by atoms with Gasteiger partial charge in [0, 0.05) is 13.7 Å². The lowest BCUT2D eigenvalue weighted by molar-refractivity contribution is -0.129. The highest BCUT2D eigenvalue weighted by Crippen LogP contribution is 2.22. The summed E-state index contributed by atoms with van der Waals surface area (Å²) in [5, 5.41) is 0. The van der Waals surface area contributed by atoms with Crippen molar-refractivity contribution >= 4 is 5.91 Å². The topological polar surface area (TPSA) is 70.8 Å². The van der Waals surface area contributed by atoms with Crippen LogP contribution >= 0.6 is 0 Å². The van der Waals surface area contributed by atoms with Crippen molar-refractivity contribution in [1.82, 2.24) is 15.2 Å². The summed E-state index contributed by atoms with van der Waals surface area (Å²) in [6.45, 7) is 6.08. The maximum absolute atomic E-state index is 11.8. The van der Waals surface area contributed by atoms with E-state index in [4.69, 9.17) is 10.6 Å². The highest BCUT2D eigenvalue weighted by Gasteiger charge is 2.30. The van der Waals surface area contributed by atoms with E-state index in [0.717, 1.165) is 31.8 Å². The van der Waals surface area contributed by atoms with E-state index in [9.17, 15) is 4.79 Å². The number of ether oxygens (including phenoxy) is 1. The standard InChI is InChI=1S/C14H28N4O2/c1-20-11-13(14(19)16-15)18-8-4-12(5-9-18)10-17-6-2-3-7-17/h12-13H,2-11,15H2,1H3,(H,16,19). The number of nitrogens with two attached hydrogens (primary N) is 1. The van der Waals surface area contributed by atoms with Gasteiger partial charge in [0.25, 0.3) is 5.91 Å². The Balaban J connectivity index is 1.77. The molecule has 2 aliphatic heterocycles. The Kier molecular flexibility index (Phi) is 6.22. The lowest BCUT2D eigenvalue weighted by Crippen LogP contribution is -2.54. The smallest absolute Gasteiger partial charge is 0.253 e. The molecule has 3 N–H and O–H groups in total. The first-order chi connectivity index (χ1) is 9.74. The number of nitrogens with zero attached hydrogens (tertiary/aromatic N) is 2. The lowest BCUT2D eigenvalue weighted by atomic mass is 9.95. The Hall–Kier alpha value is -0.690. The van der Waals surface area contributed by atoms with Crippen molar-refractivity contribution in [2.45, 2.75) is 31.7 Å². The van der Waals surface area contributed by atoms with Gasteiger partial charge >= 0.3 is 0 Å². The third-order valence-electron chi connectivity index (χ3n) is 4.57. The average Bonchev–Trinajstić information content (AvgIpc) is 2.98. The zero-order chi connectivity index (χ0) is 14.4. The molecule has 0 aliphatic carbocycles. The summed E-state index contributed by atoms with van der Waals surface area (Å²) in [5.41, 5.74) is 2.25. The molecule has 1 amide bonds. The Morgan fingerprint density at radius 2 is 1.95 bits per heavy atom. The second kappa shape index (κ2) is 7.93. The molecule has 6 nitrogen and oxygen atoms in total.